The minimum absolute atomic E-state index is 0.0559. The van der Waals surface area contributed by atoms with Gasteiger partial charge in [0.1, 0.15) is 0 Å². The van der Waals surface area contributed by atoms with Gasteiger partial charge in [-0.15, -0.1) is 0 Å². The molecule has 2 N–H and O–H groups in total. The van der Waals surface area contributed by atoms with Gasteiger partial charge in [0, 0.05) is 12.4 Å². The lowest BCUT2D eigenvalue weighted by Gasteiger charge is -2.23. The number of nitrogens with one attached hydrogen (secondary N) is 2. The highest BCUT2D eigenvalue weighted by molar-refractivity contribution is 7.38. The van der Waals surface area contributed by atoms with Crippen molar-refractivity contribution >= 4 is 14.5 Å². The molecule has 14 heavy (non-hydrogen) atoms. The minimum atomic E-state index is -0.200. The van der Waals surface area contributed by atoms with Gasteiger partial charge >= 0.3 is 0 Å². The van der Waals surface area contributed by atoms with Crippen LogP contribution in [0.3, 0.4) is 0 Å². The Labute approximate surface area is 85.0 Å². The molecular formula is C7H16N3O3P. The quantitative estimate of drug-likeness (QED) is 0.465. The Hall–Kier alpha value is -0.260. The van der Waals surface area contributed by atoms with Crippen LogP contribution in [0, 0.1) is 0 Å². The summed E-state index contributed by atoms with van der Waals surface area (Å²) in [7, 11) is 3.95. The van der Waals surface area contributed by atoms with E-state index in [9.17, 15) is 4.79 Å². The highest BCUT2D eigenvalue weighted by Crippen LogP contribution is 2.26. The van der Waals surface area contributed by atoms with E-state index in [-0.39, 0.29) is 12.1 Å². The fourth-order valence-corrected chi connectivity index (χ4v) is 2.53. The summed E-state index contributed by atoms with van der Waals surface area (Å²) in [6.07, 6.45) is 1.44. The molecule has 6 nitrogen and oxygen atoms in total. The number of nitrogens with zero attached hydrogens (tertiary/aromatic N) is 1. The zero-order valence-corrected chi connectivity index (χ0v) is 9.37. The van der Waals surface area contributed by atoms with Crippen LogP contribution >= 0.6 is 8.58 Å². The van der Waals surface area contributed by atoms with Gasteiger partial charge in [-0.1, -0.05) is 14.2 Å². The summed E-state index contributed by atoms with van der Waals surface area (Å²) in [5.41, 5.74) is 2.31. The van der Waals surface area contributed by atoms with Crippen LogP contribution in [-0.2, 0) is 14.5 Å². The van der Waals surface area contributed by atoms with Crippen LogP contribution in [-0.4, -0.2) is 50.2 Å². The number of hydrogen-bond donors (Lipinski definition) is 2. The summed E-state index contributed by atoms with van der Waals surface area (Å²) >= 11 is 0. The average molecular weight is 221 g/mol. The maximum Gasteiger partial charge on any atom is 0.238 e. The van der Waals surface area contributed by atoms with E-state index in [4.69, 9.17) is 4.84 Å². The Morgan fingerprint density at radius 3 is 3.14 bits per heavy atom. The van der Waals surface area contributed by atoms with E-state index in [1.165, 1.54) is 7.11 Å². The van der Waals surface area contributed by atoms with Crippen molar-refractivity contribution < 1.29 is 14.5 Å². The Balaban J connectivity index is 2.38. The van der Waals surface area contributed by atoms with Crippen molar-refractivity contribution in [2.45, 2.75) is 6.23 Å². The third-order valence-corrected chi connectivity index (χ3v) is 3.07. The van der Waals surface area contributed by atoms with E-state index in [0.29, 0.717) is 6.54 Å². The number of likely N-dealkylation sites (N-methyl/N-ethyl adjacent to an activating group) is 1. The van der Waals surface area contributed by atoms with Gasteiger partial charge in [-0.3, -0.25) is 14.5 Å². The van der Waals surface area contributed by atoms with Crippen LogP contribution in [0.25, 0.3) is 0 Å². The van der Waals surface area contributed by atoms with Gasteiger partial charge in [-0.25, -0.2) is 0 Å². The van der Waals surface area contributed by atoms with Crippen molar-refractivity contribution in [3.63, 3.8) is 0 Å². The maximum atomic E-state index is 11.5. The van der Waals surface area contributed by atoms with Crippen molar-refractivity contribution in [3.8, 4) is 0 Å². The molecule has 1 fully saturated rings. The largest absolute Gasteiger partial charge is 0.311 e. The molecule has 0 radical (unpaired) electrons. The summed E-state index contributed by atoms with van der Waals surface area (Å²) in [5, 5.41) is 2.83. The van der Waals surface area contributed by atoms with Crippen LogP contribution in [0.5, 0.6) is 0 Å². The predicted octanol–water partition coefficient (Wildman–Crippen LogP) is -0.907. The number of rotatable bonds is 5. The molecule has 1 aliphatic rings. The molecule has 82 valence electrons. The molecule has 0 aliphatic carbocycles. The molecule has 1 rings (SSSR count). The van der Waals surface area contributed by atoms with E-state index in [0.717, 1.165) is 21.0 Å². The van der Waals surface area contributed by atoms with Crippen LogP contribution in [0.15, 0.2) is 0 Å². The topological polar surface area (TPSA) is 62.8 Å². The molecule has 0 aromatic rings. The first-order valence-electron chi connectivity index (χ1n) is 4.38. The molecule has 2 atom stereocenters. The first-order chi connectivity index (χ1) is 6.79. The number of carbonyl (C=O) groups is 1. The molecule has 1 aliphatic heterocycles. The number of carbonyl (C=O) groups excluding carboxylic acids is 1. The SMILES string of the molecule is CNCC(=O)N1CPCC1ONOC. The summed E-state index contributed by atoms with van der Waals surface area (Å²) < 4.78 is 0. The predicted molar refractivity (Wildman–Crippen MR) is 53.8 cm³/mol. The maximum absolute atomic E-state index is 11.5. The first-order valence-corrected chi connectivity index (χ1v) is 5.79. The van der Waals surface area contributed by atoms with Gasteiger partial charge in [0.25, 0.3) is 0 Å². The molecule has 1 saturated heterocycles. The standard InChI is InChI=1S/C7H16N3O3P/c1-8-3-6(11)10-5-14-4-7(10)13-9-12-2/h7-9,14H,3-5H2,1-2H3. The van der Waals surface area contributed by atoms with E-state index in [2.05, 4.69) is 15.8 Å². The summed E-state index contributed by atoms with van der Waals surface area (Å²) in [5.74, 6) is 0.0559. The van der Waals surface area contributed by atoms with Gasteiger partial charge in [0.05, 0.1) is 13.7 Å². The Morgan fingerprint density at radius 1 is 1.71 bits per heavy atom. The average Bonchev–Trinajstić information content (AvgIpc) is 2.63. The Morgan fingerprint density at radius 2 is 2.50 bits per heavy atom. The Bertz CT molecular complexity index is 193. The van der Waals surface area contributed by atoms with Crippen molar-refractivity contribution in [3.05, 3.63) is 0 Å². The molecule has 0 bridgehead atoms. The van der Waals surface area contributed by atoms with Gasteiger partial charge in [-0.2, -0.15) is 0 Å². The molecule has 1 heterocycles. The van der Waals surface area contributed by atoms with Gasteiger partial charge in [-0.05, 0) is 7.05 Å². The van der Waals surface area contributed by atoms with E-state index >= 15 is 0 Å². The highest BCUT2D eigenvalue weighted by Gasteiger charge is 2.29. The summed E-state index contributed by atoms with van der Waals surface area (Å²) in [4.78, 5) is 23.0. The fraction of sp³-hybridized carbons (Fsp3) is 0.857. The third kappa shape index (κ3) is 3.15. The zero-order chi connectivity index (χ0) is 10.4. The first kappa shape index (κ1) is 11.8. The van der Waals surface area contributed by atoms with Crippen LogP contribution in [0.1, 0.15) is 0 Å². The molecule has 1 amide bonds. The number of amides is 1. The lowest BCUT2D eigenvalue weighted by molar-refractivity contribution is -0.208. The molecular weight excluding hydrogens is 205 g/mol. The van der Waals surface area contributed by atoms with Gasteiger partial charge < -0.3 is 10.2 Å². The normalized spacial score (nSPS) is 23.3. The smallest absolute Gasteiger partial charge is 0.238 e. The lowest BCUT2D eigenvalue weighted by atomic mass is 10.5. The molecule has 0 saturated carbocycles. The second-order valence-electron chi connectivity index (χ2n) is 2.87. The van der Waals surface area contributed by atoms with Crippen molar-refractivity contribution in [2.75, 3.05) is 33.1 Å². The fourth-order valence-electron chi connectivity index (χ4n) is 1.23. The van der Waals surface area contributed by atoms with E-state index in [1.807, 2.05) is 0 Å². The van der Waals surface area contributed by atoms with Crippen LogP contribution in [0.2, 0.25) is 0 Å². The van der Waals surface area contributed by atoms with Crippen molar-refractivity contribution in [1.29, 1.82) is 0 Å². The minimum Gasteiger partial charge on any atom is -0.311 e. The van der Waals surface area contributed by atoms with Crippen LogP contribution < -0.4 is 11.0 Å². The number of hydrogen-bond acceptors (Lipinski definition) is 5. The molecule has 2 unspecified atom stereocenters. The van der Waals surface area contributed by atoms with Gasteiger partial charge in [0.2, 0.25) is 5.91 Å². The van der Waals surface area contributed by atoms with E-state index < -0.39 is 0 Å². The summed E-state index contributed by atoms with van der Waals surface area (Å²) in [6, 6.07) is 0. The lowest BCUT2D eigenvalue weighted by Crippen LogP contribution is -2.44. The van der Waals surface area contributed by atoms with Gasteiger partial charge in [0.15, 0.2) is 6.23 Å². The highest BCUT2D eigenvalue weighted by atomic mass is 31.1. The monoisotopic (exact) mass is 221 g/mol. The zero-order valence-electron chi connectivity index (χ0n) is 8.37. The molecule has 0 spiro atoms. The van der Waals surface area contributed by atoms with Crippen molar-refractivity contribution in [2.24, 2.45) is 0 Å². The van der Waals surface area contributed by atoms with E-state index in [1.54, 1.807) is 11.9 Å². The molecule has 7 heteroatoms. The molecule has 0 aromatic heterocycles. The molecule has 0 aromatic carbocycles. The van der Waals surface area contributed by atoms with Crippen molar-refractivity contribution in [1.82, 2.24) is 15.9 Å². The second kappa shape index (κ2) is 6.27. The third-order valence-electron chi connectivity index (χ3n) is 1.86. The summed E-state index contributed by atoms with van der Waals surface area (Å²) in [6.45, 7) is 0.345. The van der Waals surface area contributed by atoms with Crippen LogP contribution in [0.4, 0.5) is 0 Å². The second-order valence-corrected chi connectivity index (χ2v) is 4.09. The Kier molecular flexibility index (Phi) is 5.29.